The fraction of sp³-hybridized carbons (Fsp3) is 0.250. The fourth-order valence-electron chi connectivity index (χ4n) is 2.51. The van der Waals surface area contributed by atoms with Crippen LogP contribution in [0, 0.1) is 13.8 Å². The smallest absolute Gasteiger partial charge is 0.234 e. The van der Waals surface area contributed by atoms with Gasteiger partial charge in [0.25, 0.3) is 0 Å². The van der Waals surface area contributed by atoms with Gasteiger partial charge in [0.1, 0.15) is 12.4 Å². The molecule has 1 amide bonds. The van der Waals surface area contributed by atoms with Gasteiger partial charge in [-0.3, -0.25) is 4.79 Å². The van der Waals surface area contributed by atoms with Crippen LogP contribution < -0.4 is 10.1 Å². The number of thioether (sulfide) groups is 1. The number of nitrogens with one attached hydrogen (secondary N) is 1. The molecule has 6 nitrogen and oxygen atoms in total. The molecule has 0 fully saturated rings. The van der Waals surface area contributed by atoms with Gasteiger partial charge in [0.15, 0.2) is 11.0 Å². The first-order valence-electron chi connectivity index (χ1n) is 8.69. The maximum atomic E-state index is 12.1. The summed E-state index contributed by atoms with van der Waals surface area (Å²) >= 11 is 7.24. The number of aromatic nitrogens is 3. The minimum Gasteiger partial charge on any atom is -0.485 e. The van der Waals surface area contributed by atoms with Crippen molar-refractivity contribution in [3.05, 3.63) is 64.4 Å². The van der Waals surface area contributed by atoms with Gasteiger partial charge in [-0.15, -0.1) is 10.2 Å². The van der Waals surface area contributed by atoms with Crippen molar-refractivity contribution in [3.8, 4) is 5.75 Å². The van der Waals surface area contributed by atoms with E-state index >= 15 is 0 Å². The molecule has 0 aliphatic heterocycles. The Morgan fingerprint density at radius 1 is 1.21 bits per heavy atom. The summed E-state index contributed by atoms with van der Waals surface area (Å²) in [6.07, 6.45) is 0. The Labute approximate surface area is 173 Å². The van der Waals surface area contributed by atoms with E-state index in [4.69, 9.17) is 16.3 Å². The first kappa shape index (κ1) is 20.2. The average Bonchev–Trinajstić information content (AvgIpc) is 3.01. The van der Waals surface area contributed by atoms with Crippen LogP contribution in [0.5, 0.6) is 5.75 Å². The number of benzene rings is 2. The summed E-state index contributed by atoms with van der Waals surface area (Å²) in [5.74, 6) is 1.61. The second kappa shape index (κ2) is 9.12. The number of aryl methyl sites for hydroxylation is 1. The minimum absolute atomic E-state index is 0.136. The van der Waals surface area contributed by atoms with Crippen LogP contribution in [0.3, 0.4) is 0 Å². The summed E-state index contributed by atoms with van der Waals surface area (Å²) in [6.45, 7) is 4.39. The van der Waals surface area contributed by atoms with E-state index in [0.717, 1.165) is 11.3 Å². The molecule has 0 aliphatic rings. The van der Waals surface area contributed by atoms with E-state index in [0.29, 0.717) is 28.3 Å². The van der Waals surface area contributed by atoms with Gasteiger partial charge >= 0.3 is 0 Å². The predicted octanol–water partition coefficient (Wildman–Crippen LogP) is 4.40. The molecule has 0 bridgehead atoms. The monoisotopic (exact) mass is 416 g/mol. The SMILES string of the molecule is Cc1cccc(OCc2nnc(SCC(=O)Nc3cccc(Cl)c3)n2C)c1C. The standard InChI is InChI=1S/C20H21ClN4O2S/c1-13-6-4-9-17(14(13)2)27-11-18-23-24-20(25(18)3)28-12-19(26)22-16-8-5-7-15(21)10-16/h4-10H,11-12H2,1-3H3,(H,22,26). The number of amides is 1. The maximum absolute atomic E-state index is 12.1. The van der Waals surface area contributed by atoms with Gasteiger partial charge < -0.3 is 14.6 Å². The molecular weight excluding hydrogens is 396 g/mol. The lowest BCUT2D eigenvalue weighted by Crippen LogP contribution is -2.14. The summed E-state index contributed by atoms with van der Waals surface area (Å²) in [7, 11) is 1.86. The lowest BCUT2D eigenvalue weighted by molar-refractivity contribution is -0.113. The van der Waals surface area contributed by atoms with E-state index in [1.807, 2.05) is 43.7 Å². The molecule has 0 saturated carbocycles. The van der Waals surface area contributed by atoms with E-state index in [2.05, 4.69) is 15.5 Å². The Morgan fingerprint density at radius 3 is 2.79 bits per heavy atom. The third-order valence-corrected chi connectivity index (χ3v) is 5.53. The number of ether oxygens (including phenoxy) is 1. The summed E-state index contributed by atoms with van der Waals surface area (Å²) in [4.78, 5) is 12.1. The van der Waals surface area contributed by atoms with Crippen LogP contribution >= 0.6 is 23.4 Å². The average molecular weight is 417 g/mol. The van der Waals surface area contributed by atoms with Gasteiger partial charge in [0, 0.05) is 17.8 Å². The molecule has 1 heterocycles. The Kier molecular flexibility index (Phi) is 6.59. The highest BCUT2D eigenvalue weighted by Gasteiger charge is 2.13. The molecule has 28 heavy (non-hydrogen) atoms. The van der Waals surface area contributed by atoms with Crippen molar-refractivity contribution < 1.29 is 9.53 Å². The first-order chi connectivity index (χ1) is 13.4. The molecular formula is C20H21ClN4O2S. The highest BCUT2D eigenvalue weighted by atomic mass is 35.5. The summed E-state index contributed by atoms with van der Waals surface area (Å²) in [6, 6.07) is 13.0. The van der Waals surface area contributed by atoms with Crippen molar-refractivity contribution in [2.24, 2.45) is 7.05 Å². The highest BCUT2D eigenvalue weighted by molar-refractivity contribution is 7.99. The third-order valence-electron chi connectivity index (χ3n) is 4.28. The van der Waals surface area contributed by atoms with E-state index in [9.17, 15) is 4.79 Å². The van der Waals surface area contributed by atoms with Crippen molar-refractivity contribution in [2.75, 3.05) is 11.1 Å². The number of hydrogen-bond acceptors (Lipinski definition) is 5. The molecule has 0 spiro atoms. The number of anilines is 1. The Bertz CT molecular complexity index is 990. The predicted molar refractivity (Wildman–Crippen MR) is 112 cm³/mol. The van der Waals surface area contributed by atoms with Crippen LogP contribution in [0.25, 0.3) is 0 Å². The van der Waals surface area contributed by atoms with Crippen molar-refractivity contribution in [1.82, 2.24) is 14.8 Å². The zero-order valence-corrected chi connectivity index (χ0v) is 17.5. The van der Waals surface area contributed by atoms with Gasteiger partial charge in [-0.1, -0.05) is 41.6 Å². The van der Waals surface area contributed by atoms with Gasteiger partial charge in [-0.2, -0.15) is 0 Å². The van der Waals surface area contributed by atoms with Crippen LogP contribution in [-0.4, -0.2) is 26.4 Å². The molecule has 146 valence electrons. The van der Waals surface area contributed by atoms with Crippen molar-refractivity contribution >= 4 is 35.0 Å². The molecule has 0 aliphatic carbocycles. The lowest BCUT2D eigenvalue weighted by atomic mass is 10.1. The summed E-state index contributed by atoms with van der Waals surface area (Å²) in [5, 5.41) is 12.4. The Morgan fingerprint density at radius 2 is 2.00 bits per heavy atom. The van der Waals surface area contributed by atoms with Crippen molar-refractivity contribution in [3.63, 3.8) is 0 Å². The molecule has 0 radical (unpaired) electrons. The number of carbonyl (C=O) groups is 1. The largest absolute Gasteiger partial charge is 0.485 e. The fourth-order valence-corrected chi connectivity index (χ4v) is 3.43. The number of rotatable bonds is 7. The first-order valence-corrected chi connectivity index (χ1v) is 10.1. The third kappa shape index (κ3) is 5.05. The van der Waals surface area contributed by atoms with Crippen LogP contribution in [0.1, 0.15) is 17.0 Å². The zero-order chi connectivity index (χ0) is 20.1. The van der Waals surface area contributed by atoms with Crippen molar-refractivity contribution in [1.29, 1.82) is 0 Å². The highest BCUT2D eigenvalue weighted by Crippen LogP contribution is 2.22. The molecule has 8 heteroatoms. The van der Waals surface area contributed by atoms with Crippen molar-refractivity contribution in [2.45, 2.75) is 25.6 Å². The Hall–Kier alpha value is -2.51. The molecule has 0 atom stereocenters. The molecule has 0 unspecified atom stereocenters. The number of carbonyl (C=O) groups excluding carboxylic acids is 1. The summed E-state index contributed by atoms with van der Waals surface area (Å²) in [5.41, 5.74) is 2.95. The van der Waals surface area contributed by atoms with E-state index < -0.39 is 0 Å². The maximum Gasteiger partial charge on any atom is 0.234 e. The van der Waals surface area contributed by atoms with Gasteiger partial charge in [-0.25, -0.2) is 0 Å². The number of nitrogens with zero attached hydrogens (tertiary/aromatic N) is 3. The molecule has 3 aromatic rings. The topological polar surface area (TPSA) is 69.0 Å². The van der Waals surface area contributed by atoms with Crippen LogP contribution in [-0.2, 0) is 18.4 Å². The Balaban J connectivity index is 1.55. The zero-order valence-electron chi connectivity index (χ0n) is 15.9. The lowest BCUT2D eigenvalue weighted by Gasteiger charge is -2.10. The van der Waals surface area contributed by atoms with Crippen LogP contribution in [0.4, 0.5) is 5.69 Å². The molecule has 0 saturated heterocycles. The normalized spacial score (nSPS) is 10.7. The van der Waals surface area contributed by atoms with E-state index in [1.54, 1.807) is 24.3 Å². The van der Waals surface area contributed by atoms with Gasteiger partial charge in [-0.05, 0) is 49.2 Å². The van der Waals surface area contributed by atoms with E-state index in [-0.39, 0.29) is 11.7 Å². The quantitative estimate of drug-likeness (QED) is 0.578. The number of hydrogen-bond donors (Lipinski definition) is 1. The van der Waals surface area contributed by atoms with E-state index in [1.165, 1.54) is 17.3 Å². The molecule has 2 aromatic carbocycles. The van der Waals surface area contributed by atoms with Crippen LogP contribution in [0.15, 0.2) is 47.6 Å². The second-order valence-electron chi connectivity index (χ2n) is 6.29. The summed E-state index contributed by atoms with van der Waals surface area (Å²) < 4.78 is 7.73. The minimum atomic E-state index is -0.136. The number of halogens is 1. The second-order valence-corrected chi connectivity index (χ2v) is 7.67. The molecule has 1 aromatic heterocycles. The van der Waals surface area contributed by atoms with Gasteiger partial charge in [0.2, 0.25) is 5.91 Å². The molecule has 1 N–H and O–H groups in total. The molecule has 3 rings (SSSR count). The van der Waals surface area contributed by atoms with Gasteiger partial charge in [0.05, 0.1) is 5.75 Å². The van der Waals surface area contributed by atoms with Crippen LogP contribution in [0.2, 0.25) is 5.02 Å².